The molecule has 4 atom stereocenters. The maximum atomic E-state index is 13.2. The quantitative estimate of drug-likeness (QED) is 0.217. The van der Waals surface area contributed by atoms with Gasteiger partial charge in [0.25, 0.3) is 14.3 Å². The van der Waals surface area contributed by atoms with Crippen molar-refractivity contribution < 1.29 is 9.22 Å². The molecule has 29 heavy (non-hydrogen) atoms. The number of halogens is 1. The minimum atomic E-state index is -2.22. The van der Waals surface area contributed by atoms with Crippen molar-refractivity contribution >= 4 is 25.9 Å². The molecule has 0 aromatic heterocycles. The van der Waals surface area contributed by atoms with Crippen LogP contribution in [0.25, 0.3) is 0 Å². The van der Waals surface area contributed by atoms with Crippen LogP contribution in [0, 0.1) is 17.8 Å². The summed E-state index contributed by atoms with van der Waals surface area (Å²) < 4.78 is 6.42. The molecule has 0 heterocycles. The van der Waals surface area contributed by atoms with Gasteiger partial charge < -0.3 is 4.43 Å². The molecular formula is C25H43ClO2Si. The normalized spacial score (nSPS) is 24.1. The molecule has 2 nitrogen and oxygen atoms in total. The minimum absolute atomic E-state index is 0.0582. The largest absolute Gasteiger partial charge is 0.518 e. The summed E-state index contributed by atoms with van der Waals surface area (Å²) in [6.07, 6.45) is 5.37. The van der Waals surface area contributed by atoms with Crippen LogP contribution in [0.4, 0.5) is 0 Å². The van der Waals surface area contributed by atoms with Crippen LogP contribution in [-0.2, 0) is 9.22 Å². The van der Waals surface area contributed by atoms with E-state index in [2.05, 4.69) is 74.1 Å². The summed E-state index contributed by atoms with van der Waals surface area (Å²) in [5, 5.41) is -0.0846. The number of hydrogen-bond donors (Lipinski definition) is 0. The van der Waals surface area contributed by atoms with Crippen LogP contribution < -0.4 is 0 Å². The second-order valence-electron chi connectivity index (χ2n) is 9.99. The number of carbonyl (C=O) groups excluding carboxylic acids is 1. The van der Waals surface area contributed by atoms with E-state index in [1.165, 1.54) is 5.57 Å². The maximum Gasteiger partial charge on any atom is 0.295 e. The first-order valence-electron chi connectivity index (χ1n) is 11.2. The standard InChI is InChI=1S/C25H43ClO2Si/c1-15(2)22-13-12-19(9)23(24(22)26)14-20(10)21(11)25(27)28-29(16(3)4,17(5)6)18(7)8/h12,14,16-18,20-22,24H,1,13H2,2-11H3/b23-14+/t20-,21-,22-,24-/m1/s1. The van der Waals surface area contributed by atoms with Gasteiger partial charge in [0.15, 0.2) is 0 Å². The van der Waals surface area contributed by atoms with Gasteiger partial charge in [0.1, 0.15) is 0 Å². The average Bonchev–Trinajstić information content (AvgIpc) is 2.60. The maximum absolute atomic E-state index is 13.2. The smallest absolute Gasteiger partial charge is 0.295 e. The molecule has 0 aromatic carbocycles. The van der Waals surface area contributed by atoms with Gasteiger partial charge in [0, 0.05) is 5.92 Å². The SMILES string of the molecule is C=C(C)[C@H]1CC=C(C)/C(=C\[C@@H](C)[C@@H](C)C(=O)O[Si](C(C)C)(C(C)C)C(C)C)[C@@H]1Cl. The molecule has 0 saturated carbocycles. The molecular weight excluding hydrogens is 396 g/mol. The van der Waals surface area contributed by atoms with Gasteiger partial charge in [-0.3, -0.25) is 4.79 Å². The van der Waals surface area contributed by atoms with Crippen LogP contribution in [0.15, 0.2) is 35.5 Å². The Hall–Kier alpha value is -0.803. The summed E-state index contributed by atoms with van der Waals surface area (Å²) in [6.45, 7) is 25.6. The highest BCUT2D eigenvalue weighted by Crippen LogP contribution is 2.43. The lowest BCUT2D eigenvalue weighted by atomic mass is 9.80. The zero-order valence-corrected chi connectivity index (χ0v) is 22.1. The zero-order chi connectivity index (χ0) is 22.7. The molecule has 1 aliphatic carbocycles. The van der Waals surface area contributed by atoms with E-state index >= 15 is 0 Å². The molecule has 0 saturated heterocycles. The lowest BCUT2D eigenvalue weighted by Gasteiger charge is -2.42. The van der Waals surface area contributed by atoms with Crippen LogP contribution in [0.1, 0.15) is 75.7 Å². The van der Waals surface area contributed by atoms with Crippen molar-refractivity contribution in [3.8, 4) is 0 Å². The summed E-state index contributed by atoms with van der Waals surface area (Å²) in [6, 6.07) is 0. The first-order valence-corrected chi connectivity index (χ1v) is 13.8. The summed E-state index contributed by atoms with van der Waals surface area (Å²) in [7, 11) is -2.22. The van der Waals surface area contributed by atoms with Crippen LogP contribution in [0.5, 0.6) is 0 Å². The van der Waals surface area contributed by atoms with Gasteiger partial charge >= 0.3 is 0 Å². The molecule has 0 spiro atoms. The average molecular weight is 439 g/mol. The molecule has 0 N–H and O–H groups in total. The highest BCUT2D eigenvalue weighted by atomic mass is 35.5. The monoisotopic (exact) mass is 438 g/mol. The third-order valence-corrected chi connectivity index (χ3v) is 13.5. The second kappa shape index (κ2) is 10.5. The first-order chi connectivity index (χ1) is 13.3. The minimum Gasteiger partial charge on any atom is -0.518 e. The van der Waals surface area contributed by atoms with Gasteiger partial charge in [-0.05, 0) is 48.4 Å². The topological polar surface area (TPSA) is 26.3 Å². The lowest BCUT2D eigenvalue weighted by molar-refractivity contribution is -0.140. The number of hydrogen-bond acceptors (Lipinski definition) is 2. The lowest BCUT2D eigenvalue weighted by Crippen LogP contribution is -2.50. The summed E-state index contributed by atoms with van der Waals surface area (Å²) in [5.41, 5.74) is 4.63. The van der Waals surface area contributed by atoms with E-state index in [1.54, 1.807) is 0 Å². The Balaban J connectivity index is 3.11. The number of alkyl halides is 1. The Labute approximate surface area is 186 Å². The fourth-order valence-electron chi connectivity index (χ4n) is 4.91. The molecule has 1 rings (SSSR count). The Kier molecular flexibility index (Phi) is 9.48. The van der Waals surface area contributed by atoms with Crippen molar-refractivity contribution in [3.63, 3.8) is 0 Å². The van der Waals surface area contributed by atoms with Crippen LogP contribution in [0.2, 0.25) is 16.6 Å². The van der Waals surface area contributed by atoms with Crippen molar-refractivity contribution in [1.82, 2.24) is 0 Å². The van der Waals surface area contributed by atoms with Crippen molar-refractivity contribution in [2.24, 2.45) is 17.8 Å². The summed E-state index contributed by atoms with van der Waals surface area (Å²) >= 11 is 6.82. The highest BCUT2D eigenvalue weighted by molar-refractivity contribution is 6.78. The van der Waals surface area contributed by atoms with Gasteiger partial charge in [0.05, 0.1) is 11.3 Å². The zero-order valence-electron chi connectivity index (χ0n) is 20.3. The summed E-state index contributed by atoms with van der Waals surface area (Å²) in [5.74, 6) is 0.0535. The van der Waals surface area contributed by atoms with Gasteiger partial charge in [-0.1, -0.05) is 85.3 Å². The van der Waals surface area contributed by atoms with E-state index in [9.17, 15) is 4.79 Å². The van der Waals surface area contributed by atoms with Gasteiger partial charge in [-0.15, -0.1) is 11.6 Å². The molecule has 4 heteroatoms. The number of rotatable bonds is 8. The summed E-state index contributed by atoms with van der Waals surface area (Å²) in [4.78, 5) is 13.2. The third-order valence-electron chi connectivity index (χ3n) is 7.00. The fraction of sp³-hybridized carbons (Fsp3) is 0.720. The molecule has 166 valence electrons. The van der Waals surface area contributed by atoms with E-state index in [-0.39, 0.29) is 29.1 Å². The van der Waals surface area contributed by atoms with E-state index in [0.717, 1.165) is 17.6 Å². The Morgan fingerprint density at radius 3 is 2.03 bits per heavy atom. The Morgan fingerprint density at radius 1 is 1.14 bits per heavy atom. The van der Waals surface area contributed by atoms with E-state index in [4.69, 9.17) is 16.0 Å². The molecule has 0 amide bonds. The van der Waals surface area contributed by atoms with Gasteiger partial charge in [0.2, 0.25) is 0 Å². The molecule has 0 bridgehead atoms. The van der Waals surface area contributed by atoms with E-state index in [0.29, 0.717) is 16.6 Å². The van der Waals surface area contributed by atoms with Crippen LogP contribution in [0.3, 0.4) is 0 Å². The second-order valence-corrected chi connectivity index (χ2v) is 15.8. The number of carbonyl (C=O) groups is 1. The van der Waals surface area contributed by atoms with Crippen LogP contribution >= 0.6 is 11.6 Å². The molecule has 0 aliphatic heterocycles. The van der Waals surface area contributed by atoms with Gasteiger partial charge in [-0.25, -0.2) is 0 Å². The molecule has 0 aromatic rings. The van der Waals surface area contributed by atoms with E-state index in [1.807, 2.05) is 13.8 Å². The van der Waals surface area contributed by atoms with E-state index < -0.39 is 8.32 Å². The predicted octanol–water partition coefficient (Wildman–Crippen LogP) is 8.05. The highest BCUT2D eigenvalue weighted by Gasteiger charge is 2.48. The van der Waals surface area contributed by atoms with Gasteiger partial charge in [-0.2, -0.15) is 0 Å². The van der Waals surface area contributed by atoms with Crippen molar-refractivity contribution in [2.45, 2.75) is 97.7 Å². The Morgan fingerprint density at radius 2 is 1.62 bits per heavy atom. The number of allylic oxidation sites excluding steroid dienone is 5. The molecule has 0 unspecified atom stereocenters. The molecule has 0 radical (unpaired) electrons. The predicted molar refractivity (Wildman–Crippen MR) is 130 cm³/mol. The molecule has 0 fully saturated rings. The van der Waals surface area contributed by atoms with Crippen molar-refractivity contribution in [3.05, 3.63) is 35.5 Å². The van der Waals surface area contributed by atoms with Crippen molar-refractivity contribution in [2.75, 3.05) is 0 Å². The van der Waals surface area contributed by atoms with Crippen LogP contribution in [-0.4, -0.2) is 19.7 Å². The third kappa shape index (κ3) is 5.67. The first kappa shape index (κ1) is 26.2. The van der Waals surface area contributed by atoms with Crippen molar-refractivity contribution in [1.29, 1.82) is 0 Å². The fourth-order valence-corrected chi connectivity index (χ4v) is 10.7. The Bertz CT molecular complexity index is 638. The molecule has 1 aliphatic rings.